The summed E-state index contributed by atoms with van der Waals surface area (Å²) in [6, 6.07) is 38.0. The fourth-order valence-electron chi connectivity index (χ4n) is 5.08. The number of hydrogen-bond acceptors (Lipinski definition) is 2. The smallest absolute Gasteiger partial charge is 0.204 e. The molecule has 40 heavy (non-hydrogen) atoms. The van der Waals surface area contributed by atoms with Crippen molar-refractivity contribution in [3.05, 3.63) is 121 Å². The maximum absolute atomic E-state index is 15.2. The van der Waals surface area contributed by atoms with Crippen LogP contribution in [0.2, 0.25) is 0 Å². The Morgan fingerprint density at radius 1 is 0.425 bits per heavy atom. The Morgan fingerprint density at radius 3 is 0.800 bits per heavy atom. The van der Waals surface area contributed by atoms with E-state index in [0.29, 0.717) is 0 Å². The summed E-state index contributed by atoms with van der Waals surface area (Å²) in [5, 5.41) is 10.4. The van der Waals surface area contributed by atoms with E-state index in [2.05, 4.69) is 51.7 Å². The molecule has 0 amide bonds. The molecule has 0 bridgehead atoms. The molecule has 2 atom stereocenters. The minimum Gasteiger partial charge on any atom is -0.297 e. The van der Waals surface area contributed by atoms with Gasteiger partial charge in [0.05, 0.1) is 0 Å². The van der Waals surface area contributed by atoms with Crippen LogP contribution in [0.4, 0.5) is 0 Å². The Morgan fingerprint density at radius 2 is 0.625 bits per heavy atom. The predicted octanol–water partition coefficient (Wildman–Crippen LogP) is 6.85. The molecule has 4 rings (SSSR count). The fourth-order valence-corrected chi connectivity index (χ4v) is 10.5. The van der Waals surface area contributed by atoms with Gasteiger partial charge in [-0.25, -0.2) is 0 Å². The maximum Gasteiger partial charge on any atom is 0.204 e. The van der Waals surface area contributed by atoms with Crippen molar-refractivity contribution in [3.8, 4) is 0 Å². The van der Waals surface area contributed by atoms with Gasteiger partial charge in [0.25, 0.3) is 0 Å². The lowest BCUT2D eigenvalue weighted by Crippen LogP contribution is -2.60. The van der Waals surface area contributed by atoms with Gasteiger partial charge in [0.1, 0.15) is 0 Å². The fraction of sp³-hybridized carbons (Fsp3) is 0.294. The molecule has 6 heteroatoms. The molecule has 0 saturated heterocycles. The molecule has 0 unspecified atom stereocenters. The van der Waals surface area contributed by atoms with Gasteiger partial charge >= 0.3 is 0 Å². The summed E-state index contributed by atoms with van der Waals surface area (Å²) in [4.78, 5) is 0. The molecule has 4 aromatic rings. The minimum atomic E-state index is -3.29. The van der Waals surface area contributed by atoms with Crippen molar-refractivity contribution in [1.29, 1.82) is 0 Å². The zero-order chi connectivity index (χ0) is 29.0. The summed E-state index contributed by atoms with van der Waals surface area (Å²) in [7, 11) is -6.58. The molecule has 0 spiro atoms. The zero-order valence-corrected chi connectivity index (χ0v) is 26.2. The van der Waals surface area contributed by atoms with Crippen molar-refractivity contribution < 1.29 is 9.13 Å². The van der Waals surface area contributed by atoms with Crippen molar-refractivity contribution in [2.75, 3.05) is 0 Å². The standard InChI is InChI=1S/C34H42N2O2P2/c1-33(2,3)31(35-39(37,27-19-11-7-12-20-27)28-21-13-8-14-22-28)32(34(4,5)6)36-40(38,29-23-15-9-16-24-29)30-25-17-10-18-26-30/h7-26,31-32H,1-6H3,(H,35,37)(H,36,38)/t31-,32-/m0/s1. The Bertz CT molecular complexity index is 1260. The summed E-state index contributed by atoms with van der Waals surface area (Å²) in [6.45, 7) is 12.9. The Hall–Kier alpha value is -2.74. The molecule has 2 N–H and O–H groups in total. The van der Waals surface area contributed by atoms with Crippen molar-refractivity contribution in [3.63, 3.8) is 0 Å². The Kier molecular flexibility index (Phi) is 9.08. The second-order valence-corrected chi connectivity index (χ2v) is 17.5. The number of hydrogen-bond donors (Lipinski definition) is 2. The molecule has 0 heterocycles. The van der Waals surface area contributed by atoms with Crippen molar-refractivity contribution in [2.45, 2.75) is 53.6 Å². The third-order valence-corrected chi connectivity index (χ3v) is 12.7. The van der Waals surface area contributed by atoms with Crippen LogP contribution in [0.3, 0.4) is 0 Å². The van der Waals surface area contributed by atoms with Gasteiger partial charge in [0, 0.05) is 33.3 Å². The zero-order valence-electron chi connectivity index (χ0n) is 24.4. The van der Waals surface area contributed by atoms with E-state index >= 15 is 9.13 Å². The average Bonchev–Trinajstić information content (AvgIpc) is 2.95. The third-order valence-electron chi connectivity index (χ3n) is 7.32. The first kappa shape index (κ1) is 30.2. The minimum absolute atomic E-state index is 0.320. The second kappa shape index (κ2) is 12.0. The highest BCUT2D eigenvalue weighted by molar-refractivity contribution is 7.77. The lowest BCUT2D eigenvalue weighted by molar-refractivity contribution is 0.166. The molecule has 0 aliphatic rings. The largest absolute Gasteiger partial charge is 0.297 e. The molecular formula is C34H42N2O2P2. The molecule has 0 aliphatic carbocycles. The van der Waals surface area contributed by atoms with E-state index in [4.69, 9.17) is 0 Å². The van der Waals surface area contributed by atoms with Crippen LogP contribution < -0.4 is 31.4 Å². The van der Waals surface area contributed by atoms with Gasteiger partial charge in [-0.3, -0.25) is 19.3 Å². The van der Waals surface area contributed by atoms with Gasteiger partial charge in [-0.2, -0.15) is 0 Å². The lowest BCUT2D eigenvalue weighted by atomic mass is 9.73. The van der Waals surface area contributed by atoms with E-state index in [1.807, 2.05) is 121 Å². The molecule has 0 aromatic heterocycles. The van der Waals surface area contributed by atoms with E-state index < -0.39 is 14.6 Å². The summed E-state index contributed by atoms with van der Waals surface area (Å²) >= 11 is 0. The highest BCUT2D eigenvalue weighted by atomic mass is 31.2. The van der Waals surface area contributed by atoms with Gasteiger partial charge < -0.3 is 0 Å². The van der Waals surface area contributed by atoms with Gasteiger partial charge in [0.15, 0.2) is 0 Å². The van der Waals surface area contributed by atoms with Gasteiger partial charge in [-0.15, -0.1) is 0 Å². The molecule has 210 valence electrons. The number of nitrogens with one attached hydrogen (secondary N) is 2. The second-order valence-electron chi connectivity index (χ2n) is 12.5. The molecule has 0 saturated carbocycles. The van der Waals surface area contributed by atoms with E-state index in [1.54, 1.807) is 0 Å². The first-order chi connectivity index (χ1) is 18.9. The SMILES string of the molecule is CC(C)(C)[C@@H](NP(=O)(c1ccccc1)c1ccccc1)[C@H](NP(=O)(c1ccccc1)c1ccccc1)C(C)(C)C. The predicted molar refractivity (Wildman–Crippen MR) is 172 cm³/mol. The van der Waals surface area contributed by atoms with Crippen LogP contribution in [0.5, 0.6) is 0 Å². The first-order valence-corrected chi connectivity index (χ1v) is 17.3. The Balaban J connectivity index is 1.89. The molecule has 0 radical (unpaired) electrons. The third kappa shape index (κ3) is 6.59. The average molecular weight is 573 g/mol. The summed E-state index contributed by atoms with van der Waals surface area (Å²) in [6.07, 6.45) is 0. The van der Waals surface area contributed by atoms with Crippen molar-refractivity contribution >= 4 is 35.8 Å². The molecule has 4 nitrogen and oxygen atoms in total. The lowest BCUT2D eigenvalue weighted by Gasteiger charge is -2.47. The number of benzene rings is 4. The van der Waals surface area contributed by atoms with E-state index in [0.717, 1.165) is 21.2 Å². The van der Waals surface area contributed by atoms with Crippen LogP contribution in [0, 0.1) is 10.8 Å². The quantitative estimate of drug-likeness (QED) is 0.215. The summed E-state index contributed by atoms with van der Waals surface area (Å²) < 4.78 is 30.4. The van der Waals surface area contributed by atoms with Gasteiger partial charge in [0.2, 0.25) is 14.6 Å². The first-order valence-electron chi connectivity index (χ1n) is 13.8. The summed E-state index contributed by atoms with van der Waals surface area (Å²) in [5.74, 6) is 0. The molecule has 4 aromatic carbocycles. The monoisotopic (exact) mass is 572 g/mol. The van der Waals surface area contributed by atoms with Crippen molar-refractivity contribution in [2.24, 2.45) is 10.8 Å². The molecule has 0 aliphatic heterocycles. The van der Waals surface area contributed by atoms with Crippen LogP contribution >= 0.6 is 14.6 Å². The van der Waals surface area contributed by atoms with E-state index in [9.17, 15) is 0 Å². The van der Waals surface area contributed by atoms with Crippen LogP contribution in [-0.2, 0) is 9.13 Å². The highest BCUT2D eigenvalue weighted by Crippen LogP contribution is 2.47. The van der Waals surface area contributed by atoms with E-state index in [-0.39, 0.29) is 22.9 Å². The van der Waals surface area contributed by atoms with Gasteiger partial charge in [-0.1, -0.05) is 114 Å². The normalized spacial score (nSPS) is 14.4. The van der Waals surface area contributed by atoms with Gasteiger partial charge in [-0.05, 0) is 59.4 Å². The molecule has 0 fully saturated rings. The van der Waals surface area contributed by atoms with E-state index in [1.165, 1.54) is 0 Å². The van der Waals surface area contributed by atoms with Crippen LogP contribution in [-0.4, -0.2) is 12.1 Å². The van der Waals surface area contributed by atoms with Crippen LogP contribution in [0.1, 0.15) is 41.5 Å². The van der Waals surface area contributed by atoms with Crippen LogP contribution in [0.15, 0.2) is 121 Å². The highest BCUT2D eigenvalue weighted by Gasteiger charge is 2.46. The topological polar surface area (TPSA) is 58.2 Å². The van der Waals surface area contributed by atoms with Crippen molar-refractivity contribution in [1.82, 2.24) is 10.2 Å². The maximum atomic E-state index is 15.2. The molecular weight excluding hydrogens is 530 g/mol. The summed E-state index contributed by atoms with van der Waals surface area (Å²) in [5.41, 5.74) is -0.690. The Labute approximate surface area is 240 Å². The van der Waals surface area contributed by atoms with Crippen LogP contribution in [0.25, 0.3) is 0 Å². The number of rotatable bonds is 9.